The molecular formula is C20H20N4O3. The third-order valence-electron chi connectivity index (χ3n) is 4.54. The minimum absolute atomic E-state index is 0.198. The Kier molecular flexibility index (Phi) is 4.58. The van der Waals surface area contributed by atoms with Gasteiger partial charge in [-0.15, -0.1) is 0 Å². The van der Waals surface area contributed by atoms with Gasteiger partial charge in [0, 0.05) is 36.6 Å². The van der Waals surface area contributed by atoms with Crippen molar-refractivity contribution in [2.75, 3.05) is 6.61 Å². The van der Waals surface area contributed by atoms with Crippen LogP contribution in [-0.4, -0.2) is 32.6 Å². The van der Waals surface area contributed by atoms with E-state index in [0.717, 1.165) is 29.0 Å². The Morgan fingerprint density at radius 2 is 2.07 bits per heavy atom. The van der Waals surface area contributed by atoms with E-state index in [4.69, 9.17) is 9.47 Å². The molecule has 1 aliphatic heterocycles. The number of nitrogens with zero attached hydrogens (tertiary/aromatic N) is 4. The van der Waals surface area contributed by atoms with E-state index in [0.29, 0.717) is 30.0 Å². The van der Waals surface area contributed by atoms with Gasteiger partial charge >= 0.3 is 0 Å². The van der Waals surface area contributed by atoms with Crippen LogP contribution in [0.5, 0.6) is 11.5 Å². The Morgan fingerprint density at radius 3 is 2.89 bits per heavy atom. The molecule has 0 atom stereocenters. The second kappa shape index (κ2) is 7.19. The first kappa shape index (κ1) is 17.2. The maximum absolute atomic E-state index is 11.6. The van der Waals surface area contributed by atoms with Gasteiger partial charge in [-0.3, -0.25) is 19.4 Å². The largest absolute Gasteiger partial charge is 0.493 e. The molecule has 7 nitrogen and oxygen atoms in total. The molecule has 27 heavy (non-hydrogen) atoms. The van der Waals surface area contributed by atoms with Crippen LogP contribution in [0.1, 0.15) is 41.5 Å². The molecule has 4 rings (SSSR count). The third kappa shape index (κ3) is 3.16. The van der Waals surface area contributed by atoms with Crippen LogP contribution in [0, 0.1) is 0 Å². The van der Waals surface area contributed by atoms with Crippen molar-refractivity contribution >= 4 is 6.29 Å². The highest BCUT2D eigenvalue weighted by Crippen LogP contribution is 2.34. The number of hydrogen-bond acceptors (Lipinski definition) is 6. The summed E-state index contributed by atoms with van der Waals surface area (Å²) in [7, 11) is 0. The molecule has 0 fully saturated rings. The summed E-state index contributed by atoms with van der Waals surface area (Å²) in [5.74, 6) is 1.29. The van der Waals surface area contributed by atoms with Gasteiger partial charge in [0.15, 0.2) is 6.29 Å². The molecule has 0 radical (unpaired) electrons. The Hall–Kier alpha value is -3.22. The minimum Gasteiger partial charge on any atom is -0.493 e. The predicted octanol–water partition coefficient (Wildman–Crippen LogP) is 3.25. The summed E-state index contributed by atoms with van der Waals surface area (Å²) in [5, 5.41) is 4.37. The number of hydrogen-bond donors (Lipinski definition) is 0. The zero-order valence-electron chi connectivity index (χ0n) is 15.3. The number of fused-ring (bicyclic) bond motifs is 1. The molecule has 0 N–H and O–H groups in total. The second-order valence-electron chi connectivity index (χ2n) is 6.57. The molecular weight excluding hydrogens is 344 g/mol. The first-order chi connectivity index (χ1) is 13.2. The van der Waals surface area contributed by atoms with E-state index < -0.39 is 0 Å². The van der Waals surface area contributed by atoms with Crippen LogP contribution in [0.3, 0.4) is 0 Å². The molecule has 1 aliphatic rings. The van der Waals surface area contributed by atoms with E-state index >= 15 is 0 Å². The zero-order chi connectivity index (χ0) is 18.8. The number of benzene rings is 1. The Labute approximate surface area is 157 Å². The molecule has 0 unspecified atom stereocenters. The lowest BCUT2D eigenvalue weighted by Crippen LogP contribution is -2.09. The van der Waals surface area contributed by atoms with Gasteiger partial charge in [0.1, 0.15) is 29.5 Å². The molecule has 7 heteroatoms. The monoisotopic (exact) mass is 364 g/mol. The van der Waals surface area contributed by atoms with Crippen molar-refractivity contribution < 1.29 is 14.3 Å². The average molecular weight is 364 g/mol. The summed E-state index contributed by atoms with van der Waals surface area (Å²) in [6.45, 7) is 4.91. The van der Waals surface area contributed by atoms with Crippen molar-refractivity contribution in [2.24, 2.45) is 0 Å². The summed E-state index contributed by atoms with van der Waals surface area (Å²) in [4.78, 5) is 20.5. The lowest BCUT2D eigenvalue weighted by molar-refractivity contribution is 0.111. The van der Waals surface area contributed by atoms with Crippen LogP contribution >= 0.6 is 0 Å². The summed E-state index contributed by atoms with van der Waals surface area (Å²) in [5.41, 5.74) is 3.74. The summed E-state index contributed by atoms with van der Waals surface area (Å²) in [6.07, 6.45) is 6.58. The highest BCUT2D eigenvalue weighted by Gasteiger charge is 2.21. The zero-order valence-corrected chi connectivity index (χ0v) is 15.3. The molecule has 0 amide bonds. The van der Waals surface area contributed by atoms with Gasteiger partial charge in [-0.1, -0.05) is 0 Å². The van der Waals surface area contributed by atoms with Gasteiger partial charge in [0.05, 0.1) is 17.9 Å². The molecule has 3 heterocycles. The highest BCUT2D eigenvalue weighted by molar-refractivity contribution is 5.83. The topological polar surface area (TPSA) is 79.1 Å². The van der Waals surface area contributed by atoms with Gasteiger partial charge in [-0.2, -0.15) is 5.10 Å². The lowest BCUT2D eigenvalue weighted by Gasteiger charge is -2.14. The Balaban J connectivity index is 1.64. The number of carbonyl (C=O) groups excluding carboxylic acids is 1. The fourth-order valence-electron chi connectivity index (χ4n) is 3.28. The molecule has 2 aromatic heterocycles. The molecule has 138 valence electrons. The molecule has 0 saturated heterocycles. The summed E-state index contributed by atoms with van der Waals surface area (Å²) >= 11 is 0. The van der Waals surface area contributed by atoms with Crippen molar-refractivity contribution in [3.05, 3.63) is 53.6 Å². The number of ether oxygens (including phenoxy) is 2. The fraction of sp³-hybridized carbons (Fsp3) is 0.300. The minimum atomic E-state index is 0.198. The normalized spacial score (nSPS) is 12.7. The van der Waals surface area contributed by atoms with Crippen LogP contribution in [0.4, 0.5) is 0 Å². The smallest absolute Gasteiger partial charge is 0.154 e. The van der Waals surface area contributed by atoms with E-state index in [-0.39, 0.29) is 12.6 Å². The van der Waals surface area contributed by atoms with Gasteiger partial charge in [0.2, 0.25) is 0 Å². The molecule has 1 aromatic carbocycles. The maximum Gasteiger partial charge on any atom is 0.154 e. The predicted molar refractivity (Wildman–Crippen MR) is 99.0 cm³/mol. The Morgan fingerprint density at radius 1 is 1.22 bits per heavy atom. The highest BCUT2D eigenvalue weighted by atomic mass is 16.5. The fourth-order valence-corrected chi connectivity index (χ4v) is 3.28. The second-order valence-corrected chi connectivity index (χ2v) is 6.57. The number of aromatic nitrogens is 4. The SMILES string of the molecule is CC(C)n1nccc1-c1nccnc1COc1ccc2c(c1C=O)CCO2. The molecule has 0 bridgehead atoms. The van der Waals surface area contributed by atoms with Crippen molar-refractivity contribution in [1.29, 1.82) is 0 Å². The van der Waals surface area contributed by atoms with Gasteiger partial charge < -0.3 is 9.47 Å². The van der Waals surface area contributed by atoms with E-state index in [1.165, 1.54) is 0 Å². The first-order valence-electron chi connectivity index (χ1n) is 8.89. The van der Waals surface area contributed by atoms with Crippen LogP contribution in [0.15, 0.2) is 36.8 Å². The average Bonchev–Trinajstić information content (AvgIpc) is 3.35. The van der Waals surface area contributed by atoms with Gasteiger partial charge in [-0.25, -0.2) is 0 Å². The number of carbonyl (C=O) groups is 1. The maximum atomic E-state index is 11.6. The van der Waals surface area contributed by atoms with E-state index in [9.17, 15) is 4.79 Å². The lowest BCUT2D eigenvalue weighted by atomic mass is 10.1. The molecule has 0 saturated carbocycles. The van der Waals surface area contributed by atoms with Crippen molar-refractivity contribution in [3.63, 3.8) is 0 Å². The summed E-state index contributed by atoms with van der Waals surface area (Å²) < 4.78 is 13.4. The summed E-state index contributed by atoms with van der Waals surface area (Å²) in [6, 6.07) is 5.72. The molecule has 0 spiro atoms. The van der Waals surface area contributed by atoms with E-state index in [1.54, 1.807) is 24.7 Å². The van der Waals surface area contributed by atoms with Gasteiger partial charge in [-0.05, 0) is 32.0 Å². The van der Waals surface area contributed by atoms with Crippen molar-refractivity contribution in [3.8, 4) is 22.9 Å². The molecule has 3 aromatic rings. The van der Waals surface area contributed by atoms with Crippen LogP contribution < -0.4 is 9.47 Å². The van der Waals surface area contributed by atoms with Crippen molar-refractivity contribution in [1.82, 2.24) is 19.7 Å². The number of aldehydes is 1. The first-order valence-corrected chi connectivity index (χ1v) is 8.89. The number of rotatable bonds is 6. The Bertz CT molecular complexity index is 981. The quantitative estimate of drug-likeness (QED) is 0.625. The van der Waals surface area contributed by atoms with E-state index in [2.05, 4.69) is 28.9 Å². The standard InChI is InChI=1S/C20H20N4O3/c1-13(2)24-17(5-7-23-24)20-16(21-8-9-22-20)12-27-19-4-3-18-14(6-10-26-18)15(19)11-25/h3-5,7-9,11,13H,6,10,12H2,1-2H3. The van der Waals surface area contributed by atoms with Crippen LogP contribution in [0.2, 0.25) is 0 Å². The molecule has 0 aliphatic carbocycles. The third-order valence-corrected chi connectivity index (χ3v) is 4.54. The van der Waals surface area contributed by atoms with Crippen LogP contribution in [-0.2, 0) is 13.0 Å². The van der Waals surface area contributed by atoms with Gasteiger partial charge in [0.25, 0.3) is 0 Å². The van der Waals surface area contributed by atoms with E-state index in [1.807, 2.05) is 16.8 Å². The van der Waals surface area contributed by atoms with Crippen LogP contribution in [0.25, 0.3) is 11.4 Å². The van der Waals surface area contributed by atoms with Crippen molar-refractivity contribution in [2.45, 2.75) is 32.9 Å².